The van der Waals surface area contributed by atoms with Crippen molar-refractivity contribution in [2.45, 2.75) is 37.5 Å². The Kier molecular flexibility index (Phi) is 6.38. The van der Waals surface area contributed by atoms with Crippen LogP contribution in [0.4, 0.5) is 0 Å². The van der Waals surface area contributed by atoms with Crippen LogP contribution in [0.1, 0.15) is 43.3 Å². The van der Waals surface area contributed by atoms with Gasteiger partial charge in [-0.1, -0.05) is 37.0 Å². The van der Waals surface area contributed by atoms with Crippen LogP contribution in [-0.2, 0) is 16.4 Å². The second-order valence-electron chi connectivity index (χ2n) is 7.83. The molecule has 34 heavy (non-hydrogen) atoms. The molecule has 1 unspecified atom stereocenters. The monoisotopic (exact) mass is 522 g/mol. The summed E-state index contributed by atoms with van der Waals surface area (Å²) in [7, 11) is -4.05. The molecule has 0 aliphatic heterocycles. The zero-order valence-corrected chi connectivity index (χ0v) is 20.4. The smallest absolute Gasteiger partial charge is 0.262 e. The lowest BCUT2D eigenvalue weighted by atomic mass is 10.0. The minimum Gasteiger partial charge on any atom is -0.506 e. The van der Waals surface area contributed by atoms with Gasteiger partial charge in [0.25, 0.3) is 5.56 Å². The summed E-state index contributed by atoms with van der Waals surface area (Å²) in [5.74, 6) is 0.197. The van der Waals surface area contributed by atoms with E-state index in [4.69, 9.17) is 28.3 Å². The summed E-state index contributed by atoms with van der Waals surface area (Å²) >= 11 is 12.8. The Morgan fingerprint density at radius 1 is 1.21 bits per heavy atom. The van der Waals surface area contributed by atoms with E-state index in [1.54, 1.807) is 6.20 Å². The molecule has 0 amide bonds. The van der Waals surface area contributed by atoms with Crippen molar-refractivity contribution in [1.29, 1.82) is 0 Å². The van der Waals surface area contributed by atoms with E-state index in [1.807, 2.05) is 13.8 Å². The van der Waals surface area contributed by atoms with E-state index in [0.717, 1.165) is 0 Å². The molecule has 178 valence electrons. The molecule has 0 aliphatic carbocycles. The number of aromatic nitrogens is 5. The zero-order valence-electron chi connectivity index (χ0n) is 18.1. The lowest BCUT2D eigenvalue weighted by Crippen LogP contribution is -2.14. The molecule has 0 radical (unpaired) electrons. The van der Waals surface area contributed by atoms with Gasteiger partial charge in [0.2, 0.25) is 10.0 Å². The van der Waals surface area contributed by atoms with Crippen molar-refractivity contribution in [2.75, 3.05) is 0 Å². The summed E-state index contributed by atoms with van der Waals surface area (Å²) in [6.07, 6.45) is 3.73. The summed E-state index contributed by atoms with van der Waals surface area (Å²) in [6.45, 7) is 3.88. The van der Waals surface area contributed by atoms with E-state index < -0.39 is 15.6 Å². The Bertz CT molecular complexity index is 1560. The van der Waals surface area contributed by atoms with Crippen molar-refractivity contribution in [3.05, 3.63) is 68.1 Å². The molecule has 0 fully saturated rings. The Morgan fingerprint density at radius 3 is 2.47 bits per heavy atom. The van der Waals surface area contributed by atoms with Gasteiger partial charge in [0.15, 0.2) is 5.65 Å². The number of nitrogens with two attached hydrogens (primary N) is 1. The number of H-pyrrole nitrogens is 1. The number of nitrogens with one attached hydrogen (secondary N) is 1. The molecule has 13 heteroatoms. The standard InChI is InChI=1S/C21H20Cl2N6O4S/c1-3-10(2)18-17-20(26-16(27-21(17)31)5-11-4-12(30)9-25-8-11)29(28-18)19-14(22)6-13(7-15(19)23)34(24,32)33/h4,6-10,30H,3,5H2,1-2H3,(H2,24,32,33)(H,26,27,31). The molecule has 0 saturated carbocycles. The highest BCUT2D eigenvalue weighted by atomic mass is 35.5. The van der Waals surface area contributed by atoms with E-state index >= 15 is 0 Å². The van der Waals surface area contributed by atoms with Gasteiger partial charge in [0.1, 0.15) is 22.6 Å². The summed E-state index contributed by atoms with van der Waals surface area (Å²) < 4.78 is 24.9. The number of pyridine rings is 1. The molecular formula is C21H20Cl2N6O4S. The molecule has 3 aromatic heterocycles. The van der Waals surface area contributed by atoms with Gasteiger partial charge in [-0.05, 0) is 30.2 Å². The fraction of sp³-hybridized carbons (Fsp3) is 0.238. The van der Waals surface area contributed by atoms with Crippen LogP contribution in [0.25, 0.3) is 16.7 Å². The van der Waals surface area contributed by atoms with Crippen LogP contribution < -0.4 is 10.7 Å². The first-order valence-corrected chi connectivity index (χ1v) is 12.5. The maximum atomic E-state index is 13.1. The zero-order chi connectivity index (χ0) is 24.8. The number of hydrogen-bond acceptors (Lipinski definition) is 7. The Morgan fingerprint density at radius 2 is 1.88 bits per heavy atom. The highest BCUT2D eigenvalue weighted by Gasteiger charge is 2.25. The average molecular weight is 523 g/mol. The van der Waals surface area contributed by atoms with Crippen LogP contribution in [0.15, 0.2) is 40.3 Å². The van der Waals surface area contributed by atoms with E-state index in [9.17, 15) is 18.3 Å². The highest BCUT2D eigenvalue weighted by molar-refractivity contribution is 7.89. The van der Waals surface area contributed by atoms with Gasteiger partial charge >= 0.3 is 0 Å². The number of primary sulfonamides is 1. The summed E-state index contributed by atoms with van der Waals surface area (Å²) in [5, 5.41) is 19.7. The summed E-state index contributed by atoms with van der Waals surface area (Å²) in [5.41, 5.74) is 1.10. The quantitative estimate of drug-likeness (QED) is 0.350. The predicted octanol–water partition coefficient (Wildman–Crippen LogP) is 3.27. The largest absolute Gasteiger partial charge is 0.506 e. The summed E-state index contributed by atoms with van der Waals surface area (Å²) in [6, 6.07) is 3.85. The Hall–Kier alpha value is -2.99. The third kappa shape index (κ3) is 4.51. The SMILES string of the molecule is CCC(C)c1nn(-c2c(Cl)cc(S(N)(=O)=O)cc2Cl)c2nc(Cc3cncc(O)c3)[nH]c(=O)c12. The van der Waals surface area contributed by atoms with Crippen molar-refractivity contribution in [2.24, 2.45) is 5.14 Å². The number of halogens is 2. The third-order valence-corrected chi connectivity index (χ3v) is 6.84. The number of benzene rings is 1. The number of hydrogen-bond donors (Lipinski definition) is 3. The van der Waals surface area contributed by atoms with Crippen molar-refractivity contribution in [1.82, 2.24) is 24.7 Å². The van der Waals surface area contributed by atoms with Gasteiger partial charge in [-0.3, -0.25) is 9.78 Å². The van der Waals surface area contributed by atoms with Gasteiger partial charge in [0.05, 0.1) is 26.8 Å². The molecule has 1 atom stereocenters. The van der Waals surface area contributed by atoms with Crippen molar-refractivity contribution in [3.63, 3.8) is 0 Å². The Labute approximate surface area is 204 Å². The minimum absolute atomic E-state index is 0.0152. The van der Waals surface area contributed by atoms with Crippen LogP contribution in [0.3, 0.4) is 0 Å². The lowest BCUT2D eigenvalue weighted by molar-refractivity contribution is 0.472. The van der Waals surface area contributed by atoms with E-state index in [-0.39, 0.29) is 49.7 Å². The molecule has 4 N–H and O–H groups in total. The molecule has 3 heterocycles. The Balaban J connectivity index is 1.98. The van der Waals surface area contributed by atoms with Crippen molar-refractivity contribution < 1.29 is 13.5 Å². The molecular weight excluding hydrogens is 503 g/mol. The molecule has 0 saturated heterocycles. The van der Waals surface area contributed by atoms with E-state index in [1.165, 1.54) is 29.1 Å². The summed E-state index contributed by atoms with van der Waals surface area (Å²) in [4.78, 5) is 24.2. The van der Waals surface area contributed by atoms with Crippen LogP contribution in [-0.4, -0.2) is 38.3 Å². The van der Waals surface area contributed by atoms with Gasteiger partial charge in [-0.25, -0.2) is 23.2 Å². The fourth-order valence-electron chi connectivity index (χ4n) is 3.55. The predicted molar refractivity (Wildman–Crippen MR) is 128 cm³/mol. The number of rotatable bonds is 6. The number of sulfonamides is 1. The first kappa shape index (κ1) is 24.1. The van der Waals surface area contributed by atoms with Crippen molar-refractivity contribution in [3.8, 4) is 11.4 Å². The second-order valence-corrected chi connectivity index (χ2v) is 10.2. The maximum Gasteiger partial charge on any atom is 0.262 e. The van der Waals surface area contributed by atoms with Gasteiger partial charge in [0, 0.05) is 18.5 Å². The normalized spacial score (nSPS) is 12.9. The lowest BCUT2D eigenvalue weighted by Gasteiger charge is -2.10. The molecule has 0 bridgehead atoms. The number of fused-ring (bicyclic) bond motifs is 1. The molecule has 4 aromatic rings. The molecule has 10 nitrogen and oxygen atoms in total. The minimum atomic E-state index is -4.05. The average Bonchev–Trinajstić information content (AvgIpc) is 3.12. The molecule has 0 aliphatic rings. The van der Waals surface area contributed by atoms with Crippen LogP contribution in [0, 0.1) is 0 Å². The van der Waals surface area contributed by atoms with Gasteiger partial charge < -0.3 is 10.1 Å². The topological polar surface area (TPSA) is 157 Å². The molecule has 4 rings (SSSR count). The van der Waals surface area contributed by atoms with E-state index in [0.29, 0.717) is 23.5 Å². The third-order valence-electron chi connectivity index (χ3n) is 5.38. The van der Waals surface area contributed by atoms with Crippen LogP contribution in [0.5, 0.6) is 5.75 Å². The van der Waals surface area contributed by atoms with E-state index in [2.05, 4.69) is 20.1 Å². The number of nitrogens with zero attached hydrogens (tertiary/aromatic N) is 4. The molecule has 1 aromatic carbocycles. The molecule has 0 spiro atoms. The van der Waals surface area contributed by atoms with Crippen LogP contribution >= 0.6 is 23.2 Å². The first-order valence-electron chi connectivity index (χ1n) is 10.2. The highest BCUT2D eigenvalue weighted by Crippen LogP contribution is 2.34. The van der Waals surface area contributed by atoms with Gasteiger partial charge in [-0.2, -0.15) is 5.10 Å². The number of aromatic hydroxyl groups is 1. The first-order chi connectivity index (χ1) is 16.0. The van der Waals surface area contributed by atoms with Crippen LogP contribution in [0.2, 0.25) is 10.0 Å². The van der Waals surface area contributed by atoms with Crippen molar-refractivity contribution >= 4 is 44.3 Å². The fourth-order valence-corrected chi connectivity index (χ4v) is 4.89. The van der Waals surface area contributed by atoms with Gasteiger partial charge in [-0.15, -0.1) is 0 Å². The number of aromatic amines is 1. The maximum absolute atomic E-state index is 13.1. The second kappa shape index (κ2) is 8.99.